The molecule has 1 unspecified atom stereocenters. The molecule has 1 amide bonds. The quantitative estimate of drug-likeness (QED) is 0.287. The minimum Gasteiger partial charge on any atom is -0.351 e. The molecule has 5 heteroatoms. The van der Waals surface area contributed by atoms with Gasteiger partial charge in [-0.25, -0.2) is 4.98 Å². The number of nitrogens with zero attached hydrogens (tertiary/aromatic N) is 2. The van der Waals surface area contributed by atoms with Crippen LogP contribution in [0.25, 0.3) is 32.5 Å². The molecule has 5 aromatic rings. The zero-order chi connectivity index (χ0) is 24.6. The number of fused-ring (bicyclic) bond motifs is 2. The highest BCUT2D eigenvalue weighted by molar-refractivity contribution is 7.20. The molecule has 180 valence electrons. The summed E-state index contributed by atoms with van der Waals surface area (Å²) in [5, 5.41) is 4.29. The second-order valence-corrected chi connectivity index (χ2v) is 10.9. The smallest absolute Gasteiger partial charge is 0.261 e. The van der Waals surface area contributed by atoms with Crippen LogP contribution in [0.3, 0.4) is 0 Å². The lowest BCUT2D eigenvalue weighted by Gasteiger charge is -2.23. The Kier molecular flexibility index (Phi) is 5.94. The first kappa shape index (κ1) is 22.7. The Hall–Kier alpha value is -3.70. The van der Waals surface area contributed by atoms with Crippen molar-refractivity contribution < 1.29 is 4.79 Å². The molecular weight excluding hydrogens is 462 g/mol. The molecule has 2 aromatic heterocycles. The number of nitrogens with one attached hydrogen (secondary N) is 1. The van der Waals surface area contributed by atoms with E-state index in [1.54, 1.807) is 11.3 Å². The highest BCUT2D eigenvalue weighted by Gasteiger charge is 2.22. The van der Waals surface area contributed by atoms with Crippen molar-refractivity contribution in [1.82, 2.24) is 14.9 Å². The van der Waals surface area contributed by atoms with Gasteiger partial charge in [-0.15, -0.1) is 11.3 Å². The van der Waals surface area contributed by atoms with Gasteiger partial charge in [0.15, 0.2) is 0 Å². The van der Waals surface area contributed by atoms with Gasteiger partial charge in [0.1, 0.15) is 5.82 Å². The van der Waals surface area contributed by atoms with Crippen LogP contribution in [0, 0.1) is 19.8 Å². The first-order chi connectivity index (χ1) is 17.5. The second-order valence-electron chi connectivity index (χ2n) is 9.83. The Bertz CT molecular complexity index is 1530. The van der Waals surface area contributed by atoms with Crippen LogP contribution in [0.5, 0.6) is 0 Å². The van der Waals surface area contributed by atoms with Gasteiger partial charge in [0.25, 0.3) is 5.91 Å². The van der Waals surface area contributed by atoms with E-state index in [-0.39, 0.29) is 5.91 Å². The van der Waals surface area contributed by atoms with Gasteiger partial charge in [-0.1, -0.05) is 60.7 Å². The Morgan fingerprint density at radius 3 is 2.56 bits per heavy atom. The Morgan fingerprint density at radius 1 is 0.972 bits per heavy atom. The fourth-order valence-electron chi connectivity index (χ4n) is 4.99. The molecule has 0 fully saturated rings. The number of benzene rings is 3. The van der Waals surface area contributed by atoms with E-state index < -0.39 is 0 Å². The molecule has 0 radical (unpaired) electrons. The van der Waals surface area contributed by atoms with Crippen molar-refractivity contribution in [2.24, 2.45) is 5.92 Å². The molecule has 0 bridgehead atoms. The van der Waals surface area contributed by atoms with E-state index in [1.807, 2.05) is 18.2 Å². The SMILES string of the molecule is Cc1ccc(-c2ccc(-c3cn4c(n3)CCC(CNC(=O)c3cc5ccccc5s3)C4)cc2)cc1C. The van der Waals surface area contributed by atoms with E-state index in [1.165, 1.54) is 22.3 Å². The standard InChI is InChI=1S/C31H29N3OS/c1-20-7-9-25(15-21(20)2)23-10-12-24(13-11-23)27-19-34-18-22(8-14-30(34)33-27)17-32-31(35)29-16-26-5-3-4-6-28(26)36-29/h3-7,9-13,15-16,19,22H,8,14,17-18H2,1-2H3,(H,32,35). The summed E-state index contributed by atoms with van der Waals surface area (Å²) >= 11 is 1.55. The van der Waals surface area contributed by atoms with Crippen LogP contribution in [0.2, 0.25) is 0 Å². The fraction of sp³-hybridized carbons (Fsp3) is 0.226. The van der Waals surface area contributed by atoms with E-state index in [0.29, 0.717) is 12.5 Å². The molecule has 0 saturated heterocycles. The van der Waals surface area contributed by atoms with Crippen LogP contribution in [-0.2, 0) is 13.0 Å². The molecule has 1 atom stereocenters. The monoisotopic (exact) mass is 491 g/mol. The molecule has 1 N–H and O–H groups in total. The number of amides is 1. The van der Waals surface area contributed by atoms with Crippen LogP contribution in [0.1, 0.15) is 33.0 Å². The van der Waals surface area contributed by atoms with Crippen LogP contribution in [-0.4, -0.2) is 22.0 Å². The molecule has 1 aliphatic rings. The van der Waals surface area contributed by atoms with Crippen molar-refractivity contribution in [3.63, 3.8) is 0 Å². The van der Waals surface area contributed by atoms with Gasteiger partial charge in [0.2, 0.25) is 0 Å². The van der Waals surface area contributed by atoms with Crippen LogP contribution < -0.4 is 5.32 Å². The Morgan fingerprint density at radius 2 is 1.75 bits per heavy atom. The van der Waals surface area contributed by atoms with Crippen molar-refractivity contribution in [1.29, 1.82) is 0 Å². The highest BCUT2D eigenvalue weighted by atomic mass is 32.1. The zero-order valence-corrected chi connectivity index (χ0v) is 21.4. The Labute approximate surface area is 215 Å². The summed E-state index contributed by atoms with van der Waals surface area (Å²) in [4.78, 5) is 18.4. The minimum absolute atomic E-state index is 0.0252. The number of thiophene rings is 1. The Balaban J connectivity index is 1.11. The number of carbonyl (C=O) groups is 1. The van der Waals surface area contributed by atoms with Crippen molar-refractivity contribution in [3.8, 4) is 22.4 Å². The van der Waals surface area contributed by atoms with Crippen molar-refractivity contribution in [2.75, 3.05) is 6.54 Å². The van der Waals surface area contributed by atoms with Crippen LogP contribution in [0.15, 0.2) is 79.0 Å². The largest absolute Gasteiger partial charge is 0.351 e. The number of carbonyl (C=O) groups excluding carboxylic acids is 1. The topological polar surface area (TPSA) is 46.9 Å². The number of rotatable bonds is 5. The lowest BCUT2D eigenvalue weighted by Crippen LogP contribution is -2.33. The fourth-order valence-corrected chi connectivity index (χ4v) is 5.97. The molecule has 0 saturated carbocycles. The highest BCUT2D eigenvalue weighted by Crippen LogP contribution is 2.29. The molecule has 0 spiro atoms. The molecule has 3 aromatic carbocycles. The van der Waals surface area contributed by atoms with E-state index in [2.05, 4.69) is 84.5 Å². The lowest BCUT2D eigenvalue weighted by molar-refractivity contribution is 0.0947. The van der Waals surface area contributed by atoms with Gasteiger partial charge in [-0.2, -0.15) is 0 Å². The van der Waals surface area contributed by atoms with Gasteiger partial charge in [-0.3, -0.25) is 4.79 Å². The van der Waals surface area contributed by atoms with Crippen molar-refractivity contribution in [3.05, 3.63) is 101 Å². The summed E-state index contributed by atoms with van der Waals surface area (Å²) in [5.74, 6) is 1.57. The molecule has 0 aliphatic carbocycles. The summed E-state index contributed by atoms with van der Waals surface area (Å²) in [5.41, 5.74) is 7.25. The van der Waals surface area contributed by atoms with Crippen LogP contribution in [0.4, 0.5) is 0 Å². The second kappa shape index (κ2) is 9.40. The zero-order valence-electron chi connectivity index (χ0n) is 20.6. The average molecular weight is 492 g/mol. The third kappa shape index (κ3) is 4.47. The number of imidazole rings is 1. The first-order valence-electron chi connectivity index (χ1n) is 12.5. The third-order valence-electron chi connectivity index (χ3n) is 7.31. The van der Waals surface area contributed by atoms with Gasteiger partial charge in [0.05, 0.1) is 10.6 Å². The third-order valence-corrected chi connectivity index (χ3v) is 8.43. The maximum Gasteiger partial charge on any atom is 0.261 e. The summed E-state index contributed by atoms with van der Waals surface area (Å²) in [6, 6.07) is 25.5. The number of hydrogen-bond donors (Lipinski definition) is 1. The molecule has 36 heavy (non-hydrogen) atoms. The molecule has 6 rings (SSSR count). The number of aryl methyl sites for hydroxylation is 3. The summed E-state index contributed by atoms with van der Waals surface area (Å²) in [6.45, 7) is 5.87. The first-order valence-corrected chi connectivity index (χ1v) is 13.4. The van der Waals surface area contributed by atoms with Gasteiger partial charge in [0, 0.05) is 36.0 Å². The van der Waals surface area contributed by atoms with E-state index in [0.717, 1.165) is 51.4 Å². The van der Waals surface area contributed by atoms with E-state index >= 15 is 0 Å². The van der Waals surface area contributed by atoms with Gasteiger partial charge < -0.3 is 9.88 Å². The van der Waals surface area contributed by atoms with Crippen molar-refractivity contribution >= 4 is 27.3 Å². The molecule has 1 aliphatic heterocycles. The minimum atomic E-state index is 0.0252. The molecule has 3 heterocycles. The predicted octanol–water partition coefficient (Wildman–Crippen LogP) is 7.04. The lowest BCUT2D eigenvalue weighted by atomic mass is 9.99. The molecular formula is C31H29N3OS. The average Bonchev–Trinajstić information content (AvgIpc) is 3.53. The number of hydrogen-bond acceptors (Lipinski definition) is 3. The summed E-state index contributed by atoms with van der Waals surface area (Å²) < 4.78 is 3.42. The maximum atomic E-state index is 12.7. The maximum absolute atomic E-state index is 12.7. The van der Waals surface area contributed by atoms with E-state index in [9.17, 15) is 4.79 Å². The van der Waals surface area contributed by atoms with Gasteiger partial charge in [-0.05, 0) is 66.0 Å². The summed E-state index contributed by atoms with van der Waals surface area (Å²) in [6.07, 6.45) is 4.14. The van der Waals surface area contributed by atoms with Crippen molar-refractivity contribution in [2.45, 2.75) is 33.2 Å². The van der Waals surface area contributed by atoms with Gasteiger partial charge >= 0.3 is 0 Å². The normalized spacial score (nSPS) is 15.1. The number of aromatic nitrogens is 2. The van der Waals surface area contributed by atoms with Crippen LogP contribution >= 0.6 is 11.3 Å². The van der Waals surface area contributed by atoms with E-state index in [4.69, 9.17) is 4.98 Å². The molecule has 4 nitrogen and oxygen atoms in total. The predicted molar refractivity (Wildman–Crippen MR) is 149 cm³/mol. The summed E-state index contributed by atoms with van der Waals surface area (Å²) in [7, 11) is 0.